The van der Waals surface area contributed by atoms with Crippen LogP contribution in [0.5, 0.6) is 11.5 Å². The number of pyridine rings is 1. The van der Waals surface area contributed by atoms with Crippen molar-refractivity contribution in [2.45, 2.75) is 6.42 Å². The van der Waals surface area contributed by atoms with E-state index in [1.165, 1.54) is 0 Å². The van der Waals surface area contributed by atoms with Crippen molar-refractivity contribution in [2.75, 3.05) is 39.8 Å². The number of ether oxygens (including phenoxy) is 2. The number of nitrogens with zero attached hydrogens (tertiary/aromatic N) is 2. The highest BCUT2D eigenvalue weighted by molar-refractivity contribution is 5.94. The Kier molecular flexibility index (Phi) is 6.01. The molecule has 0 radical (unpaired) electrons. The van der Waals surface area contributed by atoms with Crippen LogP contribution in [0.3, 0.4) is 0 Å². The number of rotatable bonds is 7. The second kappa shape index (κ2) is 8.19. The Morgan fingerprint density at radius 3 is 2.54 bits per heavy atom. The summed E-state index contributed by atoms with van der Waals surface area (Å²) in [4.78, 5) is 18.3. The molecule has 6 nitrogen and oxygen atoms in total. The lowest BCUT2D eigenvalue weighted by Gasteiger charge is -2.12. The normalized spacial score (nSPS) is 10.2. The minimum absolute atomic E-state index is 0.110. The molecule has 2 aromatic rings. The lowest BCUT2D eigenvalue weighted by Crippen LogP contribution is -2.26. The first kappa shape index (κ1) is 17.6. The topological polar surface area (TPSA) is 63.7 Å². The van der Waals surface area contributed by atoms with E-state index in [1.807, 2.05) is 37.2 Å². The number of anilines is 1. The van der Waals surface area contributed by atoms with E-state index in [9.17, 15) is 4.79 Å². The maximum atomic E-state index is 12.2. The molecule has 6 heteroatoms. The van der Waals surface area contributed by atoms with Crippen LogP contribution in [0.1, 0.15) is 15.9 Å². The van der Waals surface area contributed by atoms with Crippen molar-refractivity contribution in [3.63, 3.8) is 0 Å². The van der Waals surface area contributed by atoms with E-state index in [0.717, 1.165) is 11.4 Å². The van der Waals surface area contributed by atoms with Crippen molar-refractivity contribution < 1.29 is 14.3 Å². The summed E-state index contributed by atoms with van der Waals surface area (Å²) in [5, 5.41) is 2.92. The number of hydrogen-bond acceptors (Lipinski definition) is 5. The van der Waals surface area contributed by atoms with Gasteiger partial charge in [-0.1, -0.05) is 6.07 Å². The fourth-order valence-corrected chi connectivity index (χ4v) is 2.26. The standard InChI is InChI=1S/C18H23N3O3/c1-21(2)17-12-14(8-10-19-17)18(22)20-9-7-13-5-6-15(23-3)16(11-13)24-4/h5-6,8,10-12H,7,9H2,1-4H3,(H,20,22). The molecule has 1 aromatic carbocycles. The molecule has 0 aliphatic carbocycles. The second-order valence-corrected chi connectivity index (χ2v) is 5.49. The molecule has 1 N–H and O–H groups in total. The van der Waals surface area contributed by atoms with Crippen molar-refractivity contribution in [2.24, 2.45) is 0 Å². The Hall–Kier alpha value is -2.76. The minimum atomic E-state index is -0.110. The van der Waals surface area contributed by atoms with Crippen molar-refractivity contribution >= 4 is 11.7 Å². The fraction of sp³-hybridized carbons (Fsp3) is 0.333. The van der Waals surface area contributed by atoms with Gasteiger partial charge in [0.1, 0.15) is 5.82 Å². The molecule has 0 saturated carbocycles. The van der Waals surface area contributed by atoms with Gasteiger partial charge in [0.2, 0.25) is 0 Å². The van der Waals surface area contributed by atoms with Crippen LogP contribution in [0.2, 0.25) is 0 Å². The quantitative estimate of drug-likeness (QED) is 0.843. The van der Waals surface area contributed by atoms with E-state index in [4.69, 9.17) is 9.47 Å². The Morgan fingerprint density at radius 2 is 1.88 bits per heavy atom. The number of nitrogens with one attached hydrogen (secondary N) is 1. The highest BCUT2D eigenvalue weighted by Gasteiger charge is 2.08. The van der Waals surface area contributed by atoms with Crippen LogP contribution in [0, 0.1) is 0 Å². The van der Waals surface area contributed by atoms with Gasteiger partial charge in [-0.3, -0.25) is 4.79 Å². The van der Waals surface area contributed by atoms with Gasteiger partial charge in [0.05, 0.1) is 14.2 Å². The third kappa shape index (κ3) is 4.38. The fourth-order valence-electron chi connectivity index (χ4n) is 2.26. The molecular weight excluding hydrogens is 306 g/mol. The largest absolute Gasteiger partial charge is 0.493 e. The summed E-state index contributed by atoms with van der Waals surface area (Å²) in [5.41, 5.74) is 1.66. The summed E-state index contributed by atoms with van der Waals surface area (Å²) < 4.78 is 10.5. The van der Waals surface area contributed by atoms with Gasteiger partial charge in [0, 0.05) is 32.4 Å². The zero-order valence-corrected chi connectivity index (χ0v) is 14.5. The molecule has 0 bridgehead atoms. The second-order valence-electron chi connectivity index (χ2n) is 5.49. The van der Waals surface area contributed by atoms with Gasteiger partial charge in [0.15, 0.2) is 11.5 Å². The maximum absolute atomic E-state index is 12.2. The van der Waals surface area contributed by atoms with Crippen LogP contribution < -0.4 is 19.7 Å². The van der Waals surface area contributed by atoms with Gasteiger partial charge >= 0.3 is 0 Å². The third-order valence-corrected chi connectivity index (χ3v) is 3.61. The molecule has 0 aliphatic heterocycles. The predicted octanol–water partition coefficient (Wildman–Crippen LogP) is 2.14. The minimum Gasteiger partial charge on any atom is -0.493 e. The smallest absolute Gasteiger partial charge is 0.251 e. The number of carbonyl (C=O) groups is 1. The van der Waals surface area contributed by atoms with Crippen molar-refractivity contribution in [3.8, 4) is 11.5 Å². The number of hydrogen-bond donors (Lipinski definition) is 1. The monoisotopic (exact) mass is 329 g/mol. The average Bonchev–Trinajstić information content (AvgIpc) is 2.61. The lowest BCUT2D eigenvalue weighted by molar-refractivity contribution is 0.0954. The van der Waals surface area contributed by atoms with E-state index < -0.39 is 0 Å². The van der Waals surface area contributed by atoms with Crippen molar-refractivity contribution in [1.82, 2.24) is 10.3 Å². The number of benzene rings is 1. The molecule has 0 saturated heterocycles. The molecule has 24 heavy (non-hydrogen) atoms. The first-order valence-corrected chi connectivity index (χ1v) is 7.67. The molecule has 0 spiro atoms. The predicted molar refractivity (Wildman–Crippen MR) is 94.1 cm³/mol. The van der Waals surface area contributed by atoms with Gasteiger partial charge in [-0.05, 0) is 36.2 Å². The van der Waals surface area contributed by atoms with Gasteiger partial charge in [0.25, 0.3) is 5.91 Å². The zero-order chi connectivity index (χ0) is 17.5. The van der Waals surface area contributed by atoms with Crippen LogP contribution in [0.25, 0.3) is 0 Å². The SMILES string of the molecule is COc1ccc(CCNC(=O)c2ccnc(N(C)C)c2)cc1OC. The van der Waals surface area contributed by atoms with Crippen LogP contribution in [0.4, 0.5) is 5.82 Å². The highest BCUT2D eigenvalue weighted by atomic mass is 16.5. The molecule has 2 rings (SSSR count). The molecule has 0 atom stereocenters. The molecular formula is C18H23N3O3. The summed E-state index contributed by atoms with van der Waals surface area (Å²) >= 11 is 0. The van der Waals surface area contributed by atoms with E-state index in [0.29, 0.717) is 30.0 Å². The van der Waals surface area contributed by atoms with Crippen molar-refractivity contribution in [3.05, 3.63) is 47.7 Å². The zero-order valence-electron chi connectivity index (χ0n) is 14.5. The lowest BCUT2D eigenvalue weighted by atomic mass is 10.1. The molecule has 0 aliphatic rings. The molecule has 0 fully saturated rings. The first-order valence-electron chi connectivity index (χ1n) is 7.67. The Morgan fingerprint density at radius 1 is 1.12 bits per heavy atom. The van der Waals surface area contributed by atoms with Gasteiger partial charge < -0.3 is 19.7 Å². The van der Waals surface area contributed by atoms with Crippen LogP contribution in [-0.2, 0) is 6.42 Å². The van der Waals surface area contributed by atoms with Gasteiger partial charge in [-0.2, -0.15) is 0 Å². The number of carbonyl (C=O) groups excluding carboxylic acids is 1. The van der Waals surface area contributed by atoms with E-state index in [2.05, 4.69) is 10.3 Å². The average molecular weight is 329 g/mol. The van der Waals surface area contributed by atoms with Gasteiger partial charge in [-0.25, -0.2) is 4.98 Å². The Labute approximate surface area is 142 Å². The number of methoxy groups -OCH3 is 2. The van der Waals surface area contributed by atoms with E-state index in [1.54, 1.807) is 32.5 Å². The Bertz CT molecular complexity index is 702. The number of amides is 1. The van der Waals surface area contributed by atoms with Crippen LogP contribution >= 0.6 is 0 Å². The molecule has 1 amide bonds. The van der Waals surface area contributed by atoms with Gasteiger partial charge in [-0.15, -0.1) is 0 Å². The number of aromatic nitrogens is 1. The Balaban J connectivity index is 1.94. The maximum Gasteiger partial charge on any atom is 0.251 e. The third-order valence-electron chi connectivity index (χ3n) is 3.61. The molecule has 1 heterocycles. The molecule has 0 unspecified atom stereocenters. The summed E-state index contributed by atoms with van der Waals surface area (Å²) in [6.07, 6.45) is 2.34. The van der Waals surface area contributed by atoms with Crippen LogP contribution in [-0.4, -0.2) is 45.8 Å². The summed E-state index contributed by atoms with van der Waals surface area (Å²) in [5.74, 6) is 2.02. The highest BCUT2D eigenvalue weighted by Crippen LogP contribution is 2.27. The van der Waals surface area contributed by atoms with E-state index in [-0.39, 0.29) is 5.91 Å². The van der Waals surface area contributed by atoms with E-state index >= 15 is 0 Å². The summed E-state index contributed by atoms with van der Waals surface area (Å²) in [6, 6.07) is 9.22. The molecule has 128 valence electrons. The molecule has 1 aromatic heterocycles. The van der Waals surface area contributed by atoms with Crippen molar-refractivity contribution in [1.29, 1.82) is 0 Å². The first-order chi connectivity index (χ1) is 11.5. The summed E-state index contributed by atoms with van der Waals surface area (Å²) in [7, 11) is 6.99. The van der Waals surface area contributed by atoms with Crippen LogP contribution in [0.15, 0.2) is 36.5 Å². The summed E-state index contributed by atoms with van der Waals surface area (Å²) in [6.45, 7) is 0.536.